The molecule has 0 aromatic carbocycles. The van der Waals surface area contributed by atoms with Gasteiger partial charge in [0.15, 0.2) is 0 Å². The third kappa shape index (κ3) is 0.440. The molecule has 1 aromatic rings. The Hall–Kier alpha value is -1.45. The maximum absolute atomic E-state index is 10.7. The third-order valence-corrected chi connectivity index (χ3v) is 1.18. The summed E-state index contributed by atoms with van der Waals surface area (Å²) < 4.78 is 1.39. The smallest absolute Gasteiger partial charge is 0.248 e. The van der Waals surface area contributed by atoms with Gasteiger partial charge in [0, 0.05) is 0 Å². The second-order valence-corrected chi connectivity index (χ2v) is 1.73. The van der Waals surface area contributed by atoms with Crippen molar-refractivity contribution in [3.05, 3.63) is 18.2 Å². The molecule has 0 atom stereocenters. The molecule has 0 aliphatic carbocycles. The van der Waals surface area contributed by atoms with Gasteiger partial charge in [-0.05, 0) is 0 Å². The lowest BCUT2D eigenvalue weighted by Crippen LogP contribution is -1.99. The maximum atomic E-state index is 10.7. The van der Waals surface area contributed by atoms with Gasteiger partial charge in [-0.2, -0.15) is 4.99 Å². The molecule has 0 unspecified atom stereocenters. The van der Waals surface area contributed by atoms with Crippen LogP contribution < -0.4 is 0 Å². The average molecular weight is 121 g/mol. The molecular formula is C5H3N3O. The van der Waals surface area contributed by atoms with Crippen molar-refractivity contribution >= 4 is 12.2 Å². The van der Waals surface area contributed by atoms with E-state index in [-0.39, 0.29) is 6.03 Å². The SMILES string of the molecule is O=C1N=Cc2cncn21. The third-order valence-electron chi connectivity index (χ3n) is 1.18. The standard InChI is InChI=1S/C5H3N3O/c9-5-7-2-4-1-6-3-8(4)5/h1-3H. The quantitative estimate of drug-likeness (QED) is 0.495. The number of aliphatic imine (C=N–C) groups is 1. The van der Waals surface area contributed by atoms with Crippen molar-refractivity contribution in [2.45, 2.75) is 0 Å². The fraction of sp³-hybridized carbons (Fsp3) is 0. The monoisotopic (exact) mass is 121 g/mol. The van der Waals surface area contributed by atoms with E-state index in [4.69, 9.17) is 0 Å². The van der Waals surface area contributed by atoms with Gasteiger partial charge in [-0.25, -0.2) is 14.3 Å². The first-order valence-electron chi connectivity index (χ1n) is 2.49. The summed E-state index contributed by atoms with van der Waals surface area (Å²) in [6, 6.07) is -0.262. The lowest BCUT2D eigenvalue weighted by molar-refractivity contribution is 0.251. The molecule has 44 valence electrons. The van der Waals surface area contributed by atoms with E-state index >= 15 is 0 Å². The Bertz CT molecular complexity index is 286. The highest BCUT2D eigenvalue weighted by Gasteiger charge is 2.11. The summed E-state index contributed by atoms with van der Waals surface area (Å²) in [7, 11) is 0. The van der Waals surface area contributed by atoms with Crippen LogP contribution in [0.25, 0.3) is 0 Å². The topological polar surface area (TPSA) is 47.2 Å². The molecule has 2 heterocycles. The molecule has 4 nitrogen and oxygen atoms in total. The molecule has 2 rings (SSSR count). The second-order valence-electron chi connectivity index (χ2n) is 1.73. The molecule has 0 spiro atoms. The van der Waals surface area contributed by atoms with Crippen molar-refractivity contribution in [2.24, 2.45) is 4.99 Å². The van der Waals surface area contributed by atoms with Crippen LogP contribution in [0.3, 0.4) is 0 Å². The summed E-state index contributed by atoms with van der Waals surface area (Å²) in [5.74, 6) is 0. The number of imidazole rings is 1. The van der Waals surface area contributed by atoms with E-state index in [1.54, 1.807) is 6.20 Å². The van der Waals surface area contributed by atoms with E-state index in [0.29, 0.717) is 0 Å². The van der Waals surface area contributed by atoms with E-state index in [2.05, 4.69) is 9.98 Å². The zero-order chi connectivity index (χ0) is 6.27. The van der Waals surface area contributed by atoms with Crippen LogP contribution in [0.2, 0.25) is 0 Å². The maximum Gasteiger partial charge on any atom is 0.353 e. The van der Waals surface area contributed by atoms with Gasteiger partial charge in [0.25, 0.3) is 0 Å². The summed E-state index contributed by atoms with van der Waals surface area (Å²) >= 11 is 0. The van der Waals surface area contributed by atoms with Gasteiger partial charge in [-0.3, -0.25) is 0 Å². The molecule has 4 heteroatoms. The molecule has 1 aliphatic rings. The van der Waals surface area contributed by atoms with E-state index < -0.39 is 0 Å². The minimum atomic E-state index is -0.262. The molecule has 0 saturated carbocycles. The molecule has 0 N–H and O–H groups in total. The van der Waals surface area contributed by atoms with E-state index in [1.165, 1.54) is 17.1 Å². The molecule has 9 heavy (non-hydrogen) atoms. The van der Waals surface area contributed by atoms with Crippen LogP contribution in [-0.2, 0) is 0 Å². The zero-order valence-electron chi connectivity index (χ0n) is 4.48. The molecule has 0 bridgehead atoms. The normalized spacial score (nSPS) is 14.4. The summed E-state index contributed by atoms with van der Waals surface area (Å²) in [4.78, 5) is 17.9. The molecule has 0 saturated heterocycles. The highest BCUT2D eigenvalue weighted by molar-refractivity contribution is 5.99. The van der Waals surface area contributed by atoms with Crippen LogP contribution in [0.4, 0.5) is 4.79 Å². The average Bonchev–Trinajstić information content (AvgIpc) is 2.35. The van der Waals surface area contributed by atoms with Crippen molar-refractivity contribution < 1.29 is 4.79 Å². The Labute approximate surface area is 50.9 Å². The number of carbonyl (C=O) groups is 1. The molecular weight excluding hydrogens is 118 g/mol. The first-order chi connectivity index (χ1) is 4.38. The van der Waals surface area contributed by atoms with E-state index in [0.717, 1.165) is 5.69 Å². The minimum Gasteiger partial charge on any atom is -0.248 e. The number of fused-ring (bicyclic) bond motifs is 1. The number of amides is 1. The van der Waals surface area contributed by atoms with Crippen molar-refractivity contribution in [3.63, 3.8) is 0 Å². The molecule has 0 radical (unpaired) electrons. The summed E-state index contributed by atoms with van der Waals surface area (Å²) in [5.41, 5.74) is 0.750. The van der Waals surface area contributed by atoms with Gasteiger partial charge in [0.05, 0.1) is 18.1 Å². The van der Waals surface area contributed by atoms with E-state index in [9.17, 15) is 4.79 Å². The predicted octanol–water partition coefficient (Wildman–Crippen LogP) is 0.284. The predicted molar refractivity (Wildman–Crippen MR) is 30.6 cm³/mol. The first kappa shape index (κ1) is 4.43. The Morgan fingerprint density at radius 3 is 3.22 bits per heavy atom. The number of aromatic nitrogens is 2. The van der Waals surface area contributed by atoms with Crippen molar-refractivity contribution in [2.75, 3.05) is 0 Å². The Morgan fingerprint density at radius 2 is 2.44 bits per heavy atom. The fourth-order valence-electron chi connectivity index (χ4n) is 0.744. The van der Waals surface area contributed by atoms with Crippen molar-refractivity contribution in [1.29, 1.82) is 0 Å². The Kier molecular flexibility index (Phi) is 0.631. The number of hydrogen-bond acceptors (Lipinski definition) is 2. The van der Waals surface area contributed by atoms with Gasteiger partial charge in [0.1, 0.15) is 6.33 Å². The zero-order valence-corrected chi connectivity index (χ0v) is 4.48. The first-order valence-corrected chi connectivity index (χ1v) is 2.49. The molecule has 1 aliphatic heterocycles. The van der Waals surface area contributed by atoms with Crippen LogP contribution in [0.15, 0.2) is 17.5 Å². The summed E-state index contributed by atoms with van der Waals surface area (Å²) in [6.45, 7) is 0. The Morgan fingerprint density at radius 1 is 1.56 bits per heavy atom. The van der Waals surface area contributed by atoms with Crippen LogP contribution in [0.5, 0.6) is 0 Å². The number of hydrogen-bond donors (Lipinski definition) is 0. The van der Waals surface area contributed by atoms with Gasteiger partial charge >= 0.3 is 6.03 Å². The largest absolute Gasteiger partial charge is 0.353 e. The van der Waals surface area contributed by atoms with Crippen LogP contribution >= 0.6 is 0 Å². The number of carbonyl (C=O) groups excluding carboxylic acids is 1. The number of nitrogens with zero attached hydrogens (tertiary/aromatic N) is 3. The molecule has 1 amide bonds. The van der Waals surface area contributed by atoms with Gasteiger partial charge < -0.3 is 0 Å². The highest BCUT2D eigenvalue weighted by Crippen LogP contribution is 2.02. The van der Waals surface area contributed by atoms with E-state index in [1.807, 2.05) is 0 Å². The highest BCUT2D eigenvalue weighted by atomic mass is 16.2. The van der Waals surface area contributed by atoms with Crippen LogP contribution in [0, 0.1) is 0 Å². The van der Waals surface area contributed by atoms with Gasteiger partial charge in [0.2, 0.25) is 0 Å². The van der Waals surface area contributed by atoms with Gasteiger partial charge in [-0.1, -0.05) is 0 Å². The van der Waals surface area contributed by atoms with Crippen LogP contribution in [0.1, 0.15) is 5.69 Å². The Balaban J connectivity index is 2.73. The fourth-order valence-corrected chi connectivity index (χ4v) is 0.744. The molecule has 0 fully saturated rings. The summed E-state index contributed by atoms with van der Waals surface area (Å²) in [5, 5.41) is 0. The van der Waals surface area contributed by atoms with Crippen LogP contribution in [-0.4, -0.2) is 21.8 Å². The van der Waals surface area contributed by atoms with Crippen molar-refractivity contribution in [3.8, 4) is 0 Å². The summed E-state index contributed by atoms with van der Waals surface area (Å²) in [6.07, 6.45) is 4.54. The van der Waals surface area contributed by atoms with Crippen molar-refractivity contribution in [1.82, 2.24) is 9.55 Å². The number of rotatable bonds is 0. The second kappa shape index (κ2) is 1.28. The lowest BCUT2D eigenvalue weighted by Gasteiger charge is -1.85. The minimum absolute atomic E-state index is 0.262. The van der Waals surface area contributed by atoms with Gasteiger partial charge in [-0.15, -0.1) is 0 Å². The lowest BCUT2D eigenvalue weighted by atomic mass is 10.5. The molecule has 1 aromatic heterocycles.